The molecular weight excluding hydrogens is 207 g/mol. The van der Waals surface area contributed by atoms with E-state index in [-0.39, 0.29) is 12.4 Å². The van der Waals surface area contributed by atoms with Gasteiger partial charge in [-0.25, -0.2) is 4.39 Å². The second-order valence-corrected chi connectivity index (χ2v) is 4.63. The maximum atomic E-state index is 12.7. The molecule has 0 fully saturated rings. The quantitative estimate of drug-likeness (QED) is 0.803. The Balaban J connectivity index is 2.82. The molecule has 16 heavy (non-hydrogen) atoms. The van der Waals surface area contributed by atoms with Gasteiger partial charge in [0.05, 0.1) is 24.0 Å². The van der Waals surface area contributed by atoms with Gasteiger partial charge >= 0.3 is 0 Å². The van der Waals surface area contributed by atoms with Crippen LogP contribution >= 0.6 is 0 Å². The van der Waals surface area contributed by atoms with E-state index in [2.05, 4.69) is 24.1 Å². The van der Waals surface area contributed by atoms with Crippen LogP contribution in [0.3, 0.4) is 0 Å². The topological polar surface area (TPSA) is 45.1 Å². The number of aliphatic hydroxyl groups excluding tert-OH is 1. The second kappa shape index (κ2) is 5.37. The van der Waals surface area contributed by atoms with E-state index in [0.717, 1.165) is 6.54 Å². The number of aromatic nitrogens is 1. The molecule has 0 bridgehead atoms. The molecule has 0 aliphatic rings. The number of aliphatic hydroxyl groups is 1. The second-order valence-electron chi connectivity index (χ2n) is 4.63. The summed E-state index contributed by atoms with van der Waals surface area (Å²) in [5.41, 5.74) is 0.0369. The summed E-state index contributed by atoms with van der Waals surface area (Å²) in [6, 6.07) is 2.95. The lowest BCUT2D eigenvalue weighted by Gasteiger charge is -2.29. The van der Waals surface area contributed by atoms with E-state index in [9.17, 15) is 9.50 Å². The van der Waals surface area contributed by atoms with Crippen molar-refractivity contribution >= 4 is 0 Å². The number of hydrogen-bond acceptors (Lipinski definition) is 3. The van der Waals surface area contributed by atoms with Crippen molar-refractivity contribution in [3.8, 4) is 0 Å². The lowest BCUT2D eigenvalue weighted by atomic mass is 9.97. The maximum absolute atomic E-state index is 12.7. The molecule has 0 saturated carbocycles. The third kappa shape index (κ3) is 3.25. The summed E-state index contributed by atoms with van der Waals surface area (Å²) in [6.45, 7) is 6.73. The summed E-state index contributed by atoms with van der Waals surface area (Å²) in [7, 11) is 0. The van der Waals surface area contributed by atoms with Gasteiger partial charge in [0.15, 0.2) is 0 Å². The Bertz CT molecular complexity index is 326. The minimum Gasteiger partial charge on any atom is -0.394 e. The van der Waals surface area contributed by atoms with Crippen LogP contribution in [-0.2, 0) is 5.54 Å². The number of nitrogens with zero attached hydrogens (tertiary/aromatic N) is 1. The molecule has 1 aromatic heterocycles. The van der Waals surface area contributed by atoms with E-state index >= 15 is 0 Å². The van der Waals surface area contributed by atoms with Gasteiger partial charge in [-0.15, -0.1) is 0 Å². The van der Waals surface area contributed by atoms with Gasteiger partial charge in [0, 0.05) is 0 Å². The average Bonchev–Trinajstić information content (AvgIpc) is 2.27. The summed E-state index contributed by atoms with van der Waals surface area (Å²) in [4.78, 5) is 4.00. The van der Waals surface area contributed by atoms with E-state index < -0.39 is 5.54 Å². The van der Waals surface area contributed by atoms with Gasteiger partial charge in [-0.1, -0.05) is 13.8 Å². The number of nitrogens with one attached hydrogen (secondary N) is 1. The number of hydrogen-bond donors (Lipinski definition) is 2. The monoisotopic (exact) mass is 226 g/mol. The fourth-order valence-corrected chi connectivity index (χ4v) is 1.36. The SMILES string of the molecule is CC(C)CNC(C)(CO)c1ccc(F)cn1. The summed E-state index contributed by atoms with van der Waals surface area (Å²) in [5.74, 6) is 0.110. The number of halogens is 1. The molecule has 0 amide bonds. The highest BCUT2D eigenvalue weighted by atomic mass is 19.1. The molecule has 0 aliphatic heterocycles. The molecule has 90 valence electrons. The van der Waals surface area contributed by atoms with Crippen molar-refractivity contribution in [2.45, 2.75) is 26.3 Å². The van der Waals surface area contributed by atoms with E-state index in [1.807, 2.05) is 6.92 Å². The fraction of sp³-hybridized carbons (Fsp3) is 0.583. The van der Waals surface area contributed by atoms with Crippen LogP contribution in [-0.4, -0.2) is 23.2 Å². The van der Waals surface area contributed by atoms with Crippen molar-refractivity contribution in [1.82, 2.24) is 10.3 Å². The zero-order chi connectivity index (χ0) is 12.2. The first kappa shape index (κ1) is 13.1. The van der Waals surface area contributed by atoms with E-state index in [1.165, 1.54) is 12.3 Å². The van der Waals surface area contributed by atoms with Crippen LogP contribution in [0.5, 0.6) is 0 Å². The summed E-state index contributed by atoms with van der Waals surface area (Å²) >= 11 is 0. The molecule has 0 aliphatic carbocycles. The van der Waals surface area contributed by atoms with Crippen LogP contribution in [0.1, 0.15) is 26.5 Å². The van der Waals surface area contributed by atoms with Crippen molar-refractivity contribution in [2.75, 3.05) is 13.2 Å². The van der Waals surface area contributed by atoms with Crippen LogP contribution in [0.2, 0.25) is 0 Å². The summed E-state index contributed by atoms with van der Waals surface area (Å²) < 4.78 is 12.7. The number of pyridine rings is 1. The summed E-state index contributed by atoms with van der Waals surface area (Å²) in [6.07, 6.45) is 1.17. The smallest absolute Gasteiger partial charge is 0.141 e. The molecule has 1 unspecified atom stereocenters. The normalized spacial score (nSPS) is 15.1. The van der Waals surface area contributed by atoms with Gasteiger partial charge in [0.2, 0.25) is 0 Å². The first-order valence-corrected chi connectivity index (χ1v) is 5.46. The van der Waals surface area contributed by atoms with Crippen LogP contribution in [0, 0.1) is 11.7 Å². The van der Waals surface area contributed by atoms with Crippen LogP contribution in [0.25, 0.3) is 0 Å². The molecule has 0 radical (unpaired) electrons. The Morgan fingerprint density at radius 3 is 2.62 bits per heavy atom. The molecule has 2 N–H and O–H groups in total. The van der Waals surface area contributed by atoms with Gasteiger partial charge in [-0.3, -0.25) is 4.98 Å². The molecule has 0 saturated heterocycles. The fourth-order valence-electron chi connectivity index (χ4n) is 1.36. The molecule has 1 heterocycles. The van der Waals surface area contributed by atoms with Crippen molar-refractivity contribution in [3.05, 3.63) is 29.8 Å². The van der Waals surface area contributed by atoms with Crippen LogP contribution in [0.15, 0.2) is 18.3 Å². The van der Waals surface area contributed by atoms with Gasteiger partial charge in [0.25, 0.3) is 0 Å². The number of rotatable bonds is 5. The van der Waals surface area contributed by atoms with Crippen LogP contribution in [0.4, 0.5) is 4.39 Å². The van der Waals surface area contributed by atoms with Crippen molar-refractivity contribution < 1.29 is 9.50 Å². The predicted octanol–water partition coefficient (Wildman–Crippen LogP) is 1.67. The summed E-state index contributed by atoms with van der Waals surface area (Å²) in [5, 5.41) is 12.7. The highest BCUT2D eigenvalue weighted by Gasteiger charge is 2.26. The largest absolute Gasteiger partial charge is 0.394 e. The zero-order valence-electron chi connectivity index (χ0n) is 10.00. The Labute approximate surface area is 95.7 Å². The van der Waals surface area contributed by atoms with Gasteiger partial charge < -0.3 is 10.4 Å². The highest BCUT2D eigenvalue weighted by Crippen LogP contribution is 2.18. The van der Waals surface area contributed by atoms with E-state index in [0.29, 0.717) is 11.6 Å². The van der Waals surface area contributed by atoms with E-state index in [4.69, 9.17) is 0 Å². The Morgan fingerprint density at radius 1 is 1.50 bits per heavy atom. The van der Waals surface area contributed by atoms with Gasteiger partial charge in [-0.05, 0) is 31.5 Å². The highest BCUT2D eigenvalue weighted by molar-refractivity contribution is 5.15. The Morgan fingerprint density at radius 2 is 2.19 bits per heavy atom. The standard InChI is InChI=1S/C12H19FN2O/c1-9(2)6-15-12(3,8-16)11-5-4-10(13)7-14-11/h4-5,7,9,15-16H,6,8H2,1-3H3. The van der Waals surface area contributed by atoms with Crippen molar-refractivity contribution in [3.63, 3.8) is 0 Å². The molecule has 1 rings (SSSR count). The minimum atomic E-state index is -0.613. The third-order valence-corrected chi connectivity index (χ3v) is 2.51. The lowest BCUT2D eigenvalue weighted by Crippen LogP contribution is -2.45. The van der Waals surface area contributed by atoms with Crippen molar-refractivity contribution in [1.29, 1.82) is 0 Å². The van der Waals surface area contributed by atoms with Crippen molar-refractivity contribution in [2.24, 2.45) is 5.92 Å². The maximum Gasteiger partial charge on any atom is 0.141 e. The molecule has 1 aromatic rings. The van der Waals surface area contributed by atoms with Gasteiger partial charge in [-0.2, -0.15) is 0 Å². The Hall–Kier alpha value is -1.00. The average molecular weight is 226 g/mol. The molecular formula is C12H19FN2O. The molecule has 3 nitrogen and oxygen atoms in total. The molecule has 1 atom stereocenters. The third-order valence-electron chi connectivity index (χ3n) is 2.51. The predicted molar refractivity (Wildman–Crippen MR) is 61.5 cm³/mol. The first-order valence-electron chi connectivity index (χ1n) is 5.46. The Kier molecular flexibility index (Phi) is 4.38. The molecule has 0 aromatic carbocycles. The van der Waals surface area contributed by atoms with E-state index in [1.54, 1.807) is 6.07 Å². The molecule has 0 spiro atoms. The molecule has 4 heteroatoms. The first-order chi connectivity index (χ1) is 7.48. The zero-order valence-corrected chi connectivity index (χ0v) is 10.00. The van der Waals surface area contributed by atoms with Gasteiger partial charge in [0.1, 0.15) is 5.82 Å². The lowest BCUT2D eigenvalue weighted by molar-refractivity contribution is 0.167. The minimum absolute atomic E-state index is 0.0711. The van der Waals surface area contributed by atoms with Crippen LogP contribution < -0.4 is 5.32 Å².